The van der Waals surface area contributed by atoms with Gasteiger partial charge in [-0.1, -0.05) is 48.5 Å². The average Bonchev–Trinajstić information content (AvgIpc) is 2.39. The van der Waals surface area contributed by atoms with E-state index in [2.05, 4.69) is 0 Å². The van der Waals surface area contributed by atoms with Crippen LogP contribution in [0.2, 0.25) is 0 Å². The molecule has 3 heteroatoms. The molecule has 17 heavy (non-hydrogen) atoms. The standard InChI is InChI=1S/C14H12F2O/c15-14(16)12-8-4-7-11(9-12)13(17)10-5-2-1-3-6-10/h1-9,13-14,17H. The summed E-state index contributed by atoms with van der Waals surface area (Å²) in [6.45, 7) is 0. The molecule has 1 nitrogen and oxygen atoms in total. The lowest BCUT2D eigenvalue weighted by atomic mass is 10.00. The molecule has 0 heterocycles. The number of rotatable bonds is 3. The van der Waals surface area contributed by atoms with Crippen LogP contribution < -0.4 is 0 Å². The van der Waals surface area contributed by atoms with E-state index in [0.29, 0.717) is 11.1 Å². The van der Waals surface area contributed by atoms with E-state index >= 15 is 0 Å². The molecule has 0 amide bonds. The monoisotopic (exact) mass is 234 g/mol. The summed E-state index contributed by atoms with van der Waals surface area (Å²) in [5, 5.41) is 10.1. The summed E-state index contributed by atoms with van der Waals surface area (Å²) in [4.78, 5) is 0. The summed E-state index contributed by atoms with van der Waals surface area (Å²) in [6, 6.07) is 14.8. The van der Waals surface area contributed by atoms with Gasteiger partial charge in [-0.2, -0.15) is 0 Å². The fourth-order valence-corrected chi connectivity index (χ4v) is 1.69. The maximum atomic E-state index is 12.5. The first-order valence-corrected chi connectivity index (χ1v) is 5.29. The van der Waals surface area contributed by atoms with Gasteiger partial charge in [0.2, 0.25) is 0 Å². The quantitative estimate of drug-likeness (QED) is 0.858. The van der Waals surface area contributed by atoms with Crippen LogP contribution in [0.5, 0.6) is 0 Å². The molecule has 88 valence electrons. The van der Waals surface area contributed by atoms with Gasteiger partial charge in [0.05, 0.1) is 0 Å². The second kappa shape index (κ2) is 5.06. The van der Waals surface area contributed by atoms with Gasteiger partial charge in [-0.15, -0.1) is 0 Å². The molecule has 1 atom stereocenters. The lowest BCUT2D eigenvalue weighted by Crippen LogP contribution is -2.00. The molecule has 0 spiro atoms. The molecule has 1 unspecified atom stereocenters. The van der Waals surface area contributed by atoms with Gasteiger partial charge in [-0.25, -0.2) is 8.78 Å². The Morgan fingerprint density at radius 3 is 2.00 bits per heavy atom. The SMILES string of the molecule is OC(c1ccccc1)c1cccc(C(F)F)c1. The third kappa shape index (κ3) is 2.68. The van der Waals surface area contributed by atoms with Crippen molar-refractivity contribution >= 4 is 0 Å². The first-order valence-electron chi connectivity index (χ1n) is 5.29. The zero-order valence-corrected chi connectivity index (χ0v) is 9.05. The molecule has 0 aliphatic heterocycles. The zero-order valence-electron chi connectivity index (χ0n) is 9.05. The van der Waals surface area contributed by atoms with Crippen molar-refractivity contribution in [3.05, 3.63) is 71.3 Å². The molecule has 0 aromatic heterocycles. The first kappa shape index (κ1) is 11.7. The normalized spacial score (nSPS) is 12.7. The molecule has 2 aromatic carbocycles. The maximum Gasteiger partial charge on any atom is 0.263 e. The predicted molar refractivity (Wildman–Crippen MR) is 61.9 cm³/mol. The van der Waals surface area contributed by atoms with Crippen molar-refractivity contribution in [1.82, 2.24) is 0 Å². The third-order valence-corrected chi connectivity index (χ3v) is 2.59. The maximum absolute atomic E-state index is 12.5. The molecule has 0 bridgehead atoms. The molecule has 0 aliphatic rings. The van der Waals surface area contributed by atoms with Crippen LogP contribution in [0.1, 0.15) is 29.2 Å². The first-order chi connectivity index (χ1) is 8.18. The molecular weight excluding hydrogens is 222 g/mol. The molecular formula is C14H12F2O. The second-order valence-corrected chi connectivity index (χ2v) is 3.78. The van der Waals surface area contributed by atoms with Crippen LogP contribution in [0.4, 0.5) is 8.78 Å². The van der Waals surface area contributed by atoms with Crippen LogP contribution in [-0.4, -0.2) is 5.11 Å². The number of alkyl halides is 2. The Hall–Kier alpha value is -1.74. The van der Waals surface area contributed by atoms with Gasteiger partial charge in [-0.05, 0) is 17.2 Å². The Morgan fingerprint density at radius 1 is 0.765 bits per heavy atom. The van der Waals surface area contributed by atoms with Gasteiger partial charge in [0.1, 0.15) is 6.10 Å². The fourth-order valence-electron chi connectivity index (χ4n) is 1.69. The van der Waals surface area contributed by atoms with Crippen LogP contribution in [0.3, 0.4) is 0 Å². The van der Waals surface area contributed by atoms with E-state index in [1.54, 1.807) is 30.3 Å². The molecule has 0 aliphatic carbocycles. The minimum Gasteiger partial charge on any atom is -0.384 e. The topological polar surface area (TPSA) is 20.2 Å². The van der Waals surface area contributed by atoms with E-state index < -0.39 is 12.5 Å². The van der Waals surface area contributed by atoms with Crippen molar-refractivity contribution in [2.24, 2.45) is 0 Å². The highest BCUT2D eigenvalue weighted by atomic mass is 19.3. The van der Waals surface area contributed by atoms with E-state index in [0.717, 1.165) is 0 Å². The smallest absolute Gasteiger partial charge is 0.263 e. The third-order valence-electron chi connectivity index (χ3n) is 2.59. The van der Waals surface area contributed by atoms with Crippen LogP contribution in [0, 0.1) is 0 Å². The molecule has 1 N–H and O–H groups in total. The number of hydrogen-bond donors (Lipinski definition) is 1. The average molecular weight is 234 g/mol. The summed E-state index contributed by atoms with van der Waals surface area (Å²) in [5.74, 6) is 0. The Labute approximate surface area is 98.3 Å². The van der Waals surface area contributed by atoms with Crippen LogP contribution in [0.25, 0.3) is 0 Å². The van der Waals surface area contributed by atoms with Crippen molar-refractivity contribution in [3.63, 3.8) is 0 Å². The van der Waals surface area contributed by atoms with E-state index in [-0.39, 0.29) is 5.56 Å². The van der Waals surface area contributed by atoms with Gasteiger partial charge < -0.3 is 5.11 Å². The summed E-state index contributed by atoms with van der Waals surface area (Å²) in [6.07, 6.45) is -3.38. The van der Waals surface area contributed by atoms with Crippen LogP contribution in [-0.2, 0) is 0 Å². The van der Waals surface area contributed by atoms with Gasteiger partial charge in [0.15, 0.2) is 0 Å². The van der Waals surface area contributed by atoms with Gasteiger partial charge >= 0.3 is 0 Å². The van der Waals surface area contributed by atoms with Crippen LogP contribution >= 0.6 is 0 Å². The Kier molecular flexibility index (Phi) is 3.49. The fraction of sp³-hybridized carbons (Fsp3) is 0.143. The molecule has 0 saturated heterocycles. The van der Waals surface area contributed by atoms with E-state index in [1.165, 1.54) is 18.2 Å². The van der Waals surface area contributed by atoms with Crippen LogP contribution in [0.15, 0.2) is 54.6 Å². The molecule has 2 rings (SSSR count). The van der Waals surface area contributed by atoms with Gasteiger partial charge in [-0.3, -0.25) is 0 Å². The highest BCUT2D eigenvalue weighted by molar-refractivity contribution is 5.32. The lowest BCUT2D eigenvalue weighted by Gasteiger charge is -2.12. The lowest BCUT2D eigenvalue weighted by molar-refractivity contribution is 0.150. The van der Waals surface area contributed by atoms with Crippen molar-refractivity contribution in [2.45, 2.75) is 12.5 Å². The van der Waals surface area contributed by atoms with Gasteiger partial charge in [0, 0.05) is 5.56 Å². The van der Waals surface area contributed by atoms with E-state index in [4.69, 9.17) is 0 Å². The largest absolute Gasteiger partial charge is 0.384 e. The van der Waals surface area contributed by atoms with E-state index in [9.17, 15) is 13.9 Å². The van der Waals surface area contributed by atoms with Crippen molar-refractivity contribution in [2.75, 3.05) is 0 Å². The summed E-state index contributed by atoms with van der Waals surface area (Å²) < 4.78 is 25.1. The minimum atomic E-state index is -2.52. The Balaban J connectivity index is 2.31. The second-order valence-electron chi connectivity index (χ2n) is 3.78. The Morgan fingerprint density at radius 2 is 1.35 bits per heavy atom. The number of aliphatic hydroxyl groups is 1. The molecule has 0 radical (unpaired) electrons. The molecule has 0 fully saturated rings. The number of benzene rings is 2. The number of halogens is 2. The van der Waals surface area contributed by atoms with Crippen molar-refractivity contribution in [1.29, 1.82) is 0 Å². The molecule has 0 saturated carbocycles. The summed E-state index contributed by atoms with van der Waals surface area (Å²) >= 11 is 0. The summed E-state index contributed by atoms with van der Waals surface area (Å²) in [5.41, 5.74) is 1.10. The van der Waals surface area contributed by atoms with Crippen molar-refractivity contribution in [3.8, 4) is 0 Å². The predicted octanol–water partition coefficient (Wildman–Crippen LogP) is 3.71. The highest BCUT2D eigenvalue weighted by Crippen LogP contribution is 2.26. The van der Waals surface area contributed by atoms with Gasteiger partial charge in [0.25, 0.3) is 6.43 Å². The summed E-state index contributed by atoms with van der Waals surface area (Å²) in [7, 11) is 0. The van der Waals surface area contributed by atoms with Crippen molar-refractivity contribution < 1.29 is 13.9 Å². The minimum absolute atomic E-state index is 0.0718. The Bertz CT molecular complexity index is 483. The molecule has 2 aromatic rings. The number of aliphatic hydroxyl groups excluding tert-OH is 1. The zero-order chi connectivity index (χ0) is 12.3. The number of hydrogen-bond acceptors (Lipinski definition) is 1. The highest BCUT2D eigenvalue weighted by Gasteiger charge is 2.13. The van der Waals surface area contributed by atoms with E-state index in [1.807, 2.05) is 6.07 Å².